The van der Waals surface area contributed by atoms with Crippen LogP contribution < -0.4 is 5.32 Å². The van der Waals surface area contributed by atoms with Crippen molar-refractivity contribution in [2.75, 3.05) is 0 Å². The van der Waals surface area contributed by atoms with Crippen LogP contribution in [0.2, 0.25) is 0 Å². The first-order valence-corrected chi connectivity index (χ1v) is 6.94. The fourth-order valence-electron chi connectivity index (χ4n) is 2.41. The summed E-state index contributed by atoms with van der Waals surface area (Å²) >= 11 is 0. The molecule has 1 aliphatic carbocycles. The van der Waals surface area contributed by atoms with Gasteiger partial charge >= 0.3 is 0 Å². The van der Waals surface area contributed by atoms with Gasteiger partial charge in [0.15, 0.2) is 0 Å². The fourth-order valence-corrected chi connectivity index (χ4v) is 2.41. The second-order valence-corrected chi connectivity index (χ2v) is 5.49. The first-order valence-electron chi connectivity index (χ1n) is 6.94. The third kappa shape index (κ3) is 2.87. The van der Waals surface area contributed by atoms with Gasteiger partial charge in [0.25, 0.3) is 0 Å². The number of pyridine rings is 1. The van der Waals surface area contributed by atoms with Crippen molar-refractivity contribution in [1.29, 1.82) is 0 Å². The number of aromatic nitrogens is 1. The van der Waals surface area contributed by atoms with Crippen LogP contribution in [0, 0.1) is 12.8 Å². The molecule has 2 aromatic heterocycles. The molecule has 1 N–H and O–H groups in total. The van der Waals surface area contributed by atoms with E-state index in [9.17, 15) is 0 Å². The molecule has 0 bridgehead atoms. The van der Waals surface area contributed by atoms with Crippen molar-refractivity contribution in [2.45, 2.75) is 39.3 Å². The predicted octanol–water partition coefficient (Wildman–Crippen LogP) is 3.40. The zero-order valence-electron chi connectivity index (χ0n) is 11.5. The molecule has 3 nitrogen and oxygen atoms in total. The molecule has 2 heterocycles. The van der Waals surface area contributed by atoms with E-state index in [0.717, 1.165) is 36.2 Å². The van der Waals surface area contributed by atoms with Gasteiger partial charge < -0.3 is 9.73 Å². The van der Waals surface area contributed by atoms with Gasteiger partial charge in [-0.05, 0) is 43.0 Å². The summed E-state index contributed by atoms with van der Waals surface area (Å²) in [7, 11) is 0. The summed E-state index contributed by atoms with van der Waals surface area (Å²) in [6, 6.07) is 8.26. The average Bonchev–Trinajstić information content (AvgIpc) is 2.96. The molecule has 3 rings (SSSR count). The zero-order valence-corrected chi connectivity index (χ0v) is 11.5. The molecule has 1 aliphatic rings. The largest absolute Gasteiger partial charge is 0.464 e. The average molecular weight is 256 g/mol. The van der Waals surface area contributed by atoms with Gasteiger partial charge in [-0.25, -0.2) is 0 Å². The van der Waals surface area contributed by atoms with E-state index in [-0.39, 0.29) is 0 Å². The number of aryl methyl sites for hydroxylation is 1. The van der Waals surface area contributed by atoms with E-state index in [0.29, 0.717) is 5.92 Å². The van der Waals surface area contributed by atoms with Crippen LogP contribution in [0.1, 0.15) is 42.0 Å². The van der Waals surface area contributed by atoms with E-state index >= 15 is 0 Å². The summed E-state index contributed by atoms with van der Waals surface area (Å²) in [5.41, 5.74) is 2.33. The van der Waals surface area contributed by atoms with Gasteiger partial charge in [-0.1, -0.05) is 13.0 Å². The highest BCUT2D eigenvalue weighted by Crippen LogP contribution is 2.47. The molecule has 1 fully saturated rings. The molecule has 0 amide bonds. The lowest BCUT2D eigenvalue weighted by molar-refractivity contribution is 0.443. The molecule has 0 spiro atoms. The summed E-state index contributed by atoms with van der Waals surface area (Å²) < 4.78 is 5.86. The van der Waals surface area contributed by atoms with Crippen molar-refractivity contribution in [3.8, 4) is 0 Å². The highest BCUT2D eigenvalue weighted by molar-refractivity contribution is 5.19. The zero-order chi connectivity index (χ0) is 13.2. The normalized spacial score (nSPS) is 21.6. The van der Waals surface area contributed by atoms with Gasteiger partial charge in [0.05, 0.1) is 12.2 Å². The Labute approximate surface area is 114 Å². The molecule has 0 radical (unpaired) electrons. The highest BCUT2D eigenvalue weighted by atomic mass is 16.3. The lowest BCUT2D eigenvalue weighted by Crippen LogP contribution is -2.14. The van der Waals surface area contributed by atoms with Crippen LogP contribution in [-0.2, 0) is 13.1 Å². The topological polar surface area (TPSA) is 38.1 Å². The molecule has 0 aromatic carbocycles. The fraction of sp³-hybridized carbons (Fsp3) is 0.438. The number of hydrogen-bond acceptors (Lipinski definition) is 3. The van der Waals surface area contributed by atoms with Crippen LogP contribution in [-0.4, -0.2) is 4.98 Å². The van der Waals surface area contributed by atoms with Crippen molar-refractivity contribution >= 4 is 0 Å². The van der Waals surface area contributed by atoms with Gasteiger partial charge in [0, 0.05) is 18.7 Å². The van der Waals surface area contributed by atoms with Gasteiger partial charge in [-0.15, -0.1) is 0 Å². The Morgan fingerprint density at radius 1 is 1.32 bits per heavy atom. The van der Waals surface area contributed by atoms with Gasteiger partial charge in [-0.2, -0.15) is 0 Å². The van der Waals surface area contributed by atoms with E-state index in [1.165, 1.54) is 12.0 Å². The maximum Gasteiger partial charge on any atom is 0.117 e. The number of furan rings is 1. The quantitative estimate of drug-likeness (QED) is 0.891. The minimum atomic E-state index is 0.659. The Morgan fingerprint density at radius 2 is 2.16 bits per heavy atom. The Morgan fingerprint density at radius 3 is 2.89 bits per heavy atom. The van der Waals surface area contributed by atoms with Crippen LogP contribution in [0.3, 0.4) is 0 Å². The number of hydrogen-bond donors (Lipinski definition) is 1. The Balaban J connectivity index is 1.52. The first kappa shape index (κ1) is 12.4. The van der Waals surface area contributed by atoms with Crippen LogP contribution in [0.15, 0.2) is 34.9 Å². The Kier molecular flexibility index (Phi) is 3.38. The summed E-state index contributed by atoms with van der Waals surface area (Å²) in [6.07, 6.45) is 3.11. The van der Waals surface area contributed by atoms with E-state index < -0.39 is 0 Å². The summed E-state index contributed by atoms with van der Waals surface area (Å²) in [6.45, 7) is 5.90. The van der Waals surface area contributed by atoms with Crippen LogP contribution >= 0.6 is 0 Å². The smallest absolute Gasteiger partial charge is 0.117 e. The van der Waals surface area contributed by atoms with Gasteiger partial charge in [0.2, 0.25) is 0 Å². The number of nitrogens with zero attached hydrogens (tertiary/aromatic N) is 1. The molecule has 1 saturated carbocycles. The Bertz CT molecular complexity index is 561. The molecule has 2 unspecified atom stereocenters. The minimum Gasteiger partial charge on any atom is -0.464 e. The molecule has 0 saturated heterocycles. The maximum absolute atomic E-state index is 5.86. The summed E-state index contributed by atoms with van der Waals surface area (Å²) in [5, 5.41) is 3.39. The predicted molar refractivity (Wildman–Crippen MR) is 74.7 cm³/mol. The second-order valence-electron chi connectivity index (χ2n) is 5.49. The van der Waals surface area contributed by atoms with Crippen LogP contribution in [0.25, 0.3) is 0 Å². The van der Waals surface area contributed by atoms with Crippen molar-refractivity contribution in [2.24, 2.45) is 5.92 Å². The van der Waals surface area contributed by atoms with E-state index in [4.69, 9.17) is 4.42 Å². The lowest BCUT2D eigenvalue weighted by Gasteiger charge is -2.05. The third-order valence-corrected chi connectivity index (χ3v) is 3.87. The van der Waals surface area contributed by atoms with E-state index in [1.54, 1.807) is 0 Å². The minimum absolute atomic E-state index is 0.659. The van der Waals surface area contributed by atoms with Crippen LogP contribution in [0.4, 0.5) is 0 Å². The first-order chi connectivity index (χ1) is 9.24. The third-order valence-electron chi connectivity index (χ3n) is 3.87. The van der Waals surface area contributed by atoms with Crippen molar-refractivity contribution in [1.82, 2.24) is 10.3 Å². The summed E-state index contributed by atoms with van der Waals surface area (Å²) in [4.78, 5) is 4.37. The van der Waals surface area contributed by atoms with Crippen molar-refractivity contribution in [3.63, 3.8) is 0 Å². The molecule has 2 aromatic rings. The summed E-state index contributed by atoms with van der Waals surface area (Å²) in [5.74, 6) is 3.62. The molecular weight excluding hydrogens is 236 g/mol. The molecule has 3 heteroatoms. The molecule has 0 aliphatic heterocycles. The highest BCUT2D eigenvalue weighted by Gasteiger charge is 2.36. The number of nitrogens with one attached hydrogen (secondary N) is 1. The van der Waals surface area contributed by atoms with Crippen molar-refractivity contribution < 1.29 is 4.42 Å². The SMILES string of the molecule is Cc1cccnc1CNCc1ccc(C2CC2C)o1. The Hall–Kier alpha value is -1.61. The molecule has 19 heavy (non-hydrogen) atoms. The van der Waals surface area contributed by atoms with E-state index in [1.807, 2.05) is 12.3 Å². The number of rotatable bonds is 5. The van der Waals surface area contributed by atoms with E-state index in [2.05, 4.69) is 42.3 Å². The van der Waals surface area contributed by atoms with Gasteiger partial charge in [0.1, 0.15) is 11.5 Å². The van der Waals surface area contributed by atoms with Crippen molar-refractivity contribution in [3.05, 3.63) is 53.2 Å². The monoisotopic (exact) mass is 256 g/mol. The lowest BCUT2D eigenvalue weighted by atomic mass is 10.2. The second kappa shape index (κ2) is 5.17. The molecule has 2 atom stereocenters. The molecular formula is C16H20N2O. The maximum atomic E-state index is 5.86. The van der Waals surface area contributed by atoms with Crippen LogP contribution in [0.5, 0.6) is 0 Å². The standard InChI is InChI=1S/C16H20N2O/c1-11-4-3-7-18-15(11)10-17-9-13-5-6-16(19-13)14-8-12(14)2/h3-7,12,14,17H,8-10H2,1-2H3. The van der Waals surface area contributed by atoms with Gasteiger partial charge in [-0.3, -0.25) is 4.98 Å². The molecule has 100 valence electrons.